The number of nitrogens with two attached hydrogens (primary N) is 1. The Labute approximate surface area is 206 Å². The Bertz CT molecular complexity index is 579. The predicted octanol–water partition coefficient (Wildman–Crippen LogP) is -0.926. The van der Waals surface area contributed by atoms with E-state index < -0.39 is 5.91 Å². The fraction of sp³-hybridized carbons (Fsp3) is 0.400. The summed E-state index contributed by atoms with van der Waals surface area (Å²) in [5.74, 6) is 0.330. The van der Waals surface area contributed by atoms with E-state index in [4.69, 9.17) is 10.5 Å². The van der Waals surface area contributed by atoms with Gasteiger partial charge in [-0.1, -0.05) is 44.7 Å². The molecule has 0 radical (unpaired) electrons. The first-order valence-electron chi connectivity index (χ1n) is 8.94. The average molecular weight is 398 g/mol. The zero-order valence-electron chi connectivity index (χ0n) is 16.9. The Hall–Kier alpha value is -0.804. The van der Waals surface area contributed by atoms with E-state index in [-0.39, 0.29) is 57.4 Å². The first kappa shape index (κ1) is 26.2. The smallest absolute Gasteiger partial charge is 0.434 e. The molecule has 0 saturated carbocycles. The maximum Gasteiger partial charge on any atom is 1.00 e. The average Bonchev–Trinajstić information content (AvgIpc) is 3.14. The van der Waals surface area contributed by atoms with Crippen LogP contribution >= 0.6 is 0 Å². The number of carbonyl (C=O) groups excluding carboxylic acids is 1. The molecule has 2 heterocycles. The molecule has 0 spiro atoms. The summed E-state index contributed by atoms with van der Waals surface area (Å²) in [4.78, 5) is 13.3. The number of primary amides is 1. The molecule has 144 valence electrons. The van der Waals surface area contributed by atoms with E-state index in [1.54, 1.807) is 17.2 Å². The summed E-state index contributed by atoms with van der Waals surface area (Å²) in [5, 5.41) is 1.79. The van der Waals surface area contributed by atoms with Crippen LogP contribution in [0, 0.1) is 12.6 Å². The third kappa shape index (κ3) is 8.82. The SMILES string of the molecule is C=C/C=C(\C=C/C)C1C=[C-]N(/C(=C\[CH-]C(N)=O)N2CCOCC2)N1.CC.[K+]. The summed E-state index contributed by atoms with van der Waals surface area (Å²) < 4.78 is 5.39. The van der Waals surface area contributed by atoms with Crippen LogP contribution < -0.4 is 62.5 Å². The summed E-state index contributed by atoms with van der Waals surface area (Å²) in [6.45, 7) is 12.5. The zero-order valence-corrected chi connectivity index (χ0v) is 20.1. The normalized spacial score (nSPS) is 20.0. The van der Waals surface area contributed by atoms with E-state index >= 15 is 0 Å². The van der Waals surface area contributed by atoms with Crippen molar-refractivity contribution in [3.8, 4) is 0 Å². The molecule has 3 N–H and O–H groups in total. The van der Waals surface area contributed by atoms with Crippen molar-refractivity contribution in [2.24, 2.45) is 5.73 Å². The van der Waals surface area contributed by atoms with E-state index in [1.807, 2.05) is 45.1 Å². The number of ether oxygens (including phenoxy) is 1. The molecular weight excluding hydrogens is 367 g/mol. The molecule has 0 aromatic carbocycles. The number of allylic oxidation sites excluding steroid dienone is 3. The van der Waals surface area contributed by atoms with Gasteiger partial charge in [0, 0.05) is 13.1 Å². The minimum absolute atomic E-state index is 0. The van der Waals surface area contributed by atoms with E-state index in [1.165, 1.54) is 6.42 Å². The van der Waals surface area contributed by atoms with Gasteiger partial charge < -0.3 is 20.4 Å². The second-order valence-corrected chi connectivity index (χ2v) is 5.33. The van der Waals surface area contributed by atoms with Crippen LogP contribution in [0.4, 0.5) is 0 Å². The number of carbonyl (C=O) groups is 1. The summed E-state index contributed by atoms with van der Waals surface area (Å²) in [6.07, 6.45) is 15.9. The van der Waals surface area contributed by atoms with Gasteiger partial charge in [0.15, 0.2) is 5.91 Å². The van der Waals surface area contributed by atoms with Gasteiger partial charge in [-0.05, 0) is 18.3 Å². The molecule has 1 fully saturated rings. The number of amides is 1. The standard InChI is InChI=1S/C18H24N4O2.C2H6.K/c1-3-5-15(6-4-2)16-9-10-22(20-16)18(8-7-17(19)23)21-11-13-24-14-12-21;1-2;/h3-9,16,20H,1,11-14H2,2H3,(H2,19,23);1-2H3;/q-2;;+1/b6-4-,15-5+,18-8-;;. The van der Waals surface area contributed by atoms with Crippen molar-refractivity contribution in [1.29, 1.82) is 0 Å². The number of hydrogen-bond donors (Lipinski definition) is 2. The minimum atomic E-state index is -0.485. The largest absolute Gasteiger partial charge is 1.00 e. The Morgan fingerprint density at radius 1 is 1.41 bits per heavy atom. The second kappa shape index (κ2) is 15.2. The van der Waals surface area contributed by atoms with Crippen molar-refractivity contribution >= 4 is 5.91 Å². The molecule has 2 aliphatic heterocycles. The van der Waals surface area contributed by atoms with Crippen molar-refractivity contribution in [2.75, 3.05) is 26.3 Å². The first-order chi connectivity index (χ1) is 12.7. The summed E-state index contributed by atoms with van der Waals surface area (Å²) in [6, 6.07) is -0.0165. The minimum Gasteiger partial charge on any atom is -0.434 e. The molecule has 0 aromatic heterocycles. The summed E-state index contributed by atoms with van der Waals surface area (Å²) in [5.41, 5.74) is 9.68. The van der Waals surface area contributed by atoms with Crippen molar-refractivity contribution in [1.82, 2.24) is 15.3 Å². The monoisotopic (exact) mass is 397 g/mol. The molecular formula is C20H30KN4O2-. The van der Waals surface area contributed by atoms with Gasteiger partial charge in [0.1, 0.15) is 0 Å². The fourth-order valence-corrected chi connectivity index (χ4v) is 2.53. The Morgan fingerprint density at radius 3 is 2.63 bits per heavy atom. The maximum absolute atomic E-state index is 11.1. The van der Waals surface area contributed by atoms with Crippen LogP contribution in [0.25, 0.3) is 0 Å². The van der Waals surface area contributed by atoms with Crippen LogP contribution in [0.1, 0.15) is 20.8 Å². The zero-order chi connectivity index (χ0) is 19.4. The van der Waals surface area contributed by atoms with Gasteiger partial charge in [0.2, 0.25) is 0 Å². The number of hydrogen-bond acceptors (Lipinski definition) is 5. The van der Waals surface area contributed by atoms with Gasteiger partial charge in [0.05, 0.1) is 19.3 Å². The predicted molar refractivity (Wildman–Crippen MR) is 105 cm³/mol. The molecule has 27 heavy (non-hydrogen) atoms. The second-order valence-electron chi connectivity index (χ2n) is 5.33. The van der Waals surface area contributed by atoms with E-state index in [9.17, 15) is 4.79 Å². The Kier molecular flexibility index (Phi) is 14.7. The quantitative estimate of drug-likeness (QED) is 0.330. The van der Waals surface area contributed by atoms with Gasteiger partial charge in [-0.25, -0.2) is 0 Å². The van der Waals surface area contributed by atoms with Gasteiger partial charge in [-0.3, -0.25) is 10.2 Å². The van der Waals surface area contributed by atoms with Crippen molar-refractivity contribution < 1.29 is 60.9 Å². The van der Waals surface area contributed by atoms with E-state index in [0.717, 1.165) is 24.5 Å². The molecule has 0 bridgehead atoms. The van der Waals surface area contributed by atoms with Crippen molar-refractivity contribution in [3.05, 3.63) is 67.0 Å². The van der Waals surface area contributed by atoms with E-state index in [2.05, 4.69) is 23.1 Å². The third-order valence-corrected chi connectivity index (χ3v) is 3.63. The summed E-state index contributed by atoms with van der Waals surface area (Å²) >= 11 is 0. The van der Waals surface area contributed by atoms with Crippen molar-refractivity contribution in [3.63, 3.8) is 0 Å². The molecule has 1 atom stereocenters. The van der Waals surface area contributed by atoms with Gasteiger partial charge in [-0.2, -0.15) is 12.3 Å². The number of rotatable bonds is 7. The molecule has 0 aromatic rings. The molecule has 6 nitrogen and oxygen atoms in total. The molecule has 0 aliphatic carbocycles. The van der Waals surface area contributed by atoms with Crippen molar-refractivity contribution in [2.45, 2.75) is 26.8 Å². The maximum atomic E-state index is 11.1. The molecule has 1 saturated heterocycles. The van der Waals surface area contributed by atoms with Gasteiger partial charge in [-0.15, -0.1) is 12.5 Å². The van der Waals surface area contributed by atoms with E-state index in [0.29, 0.717) is 13.2 Å². The number of nitrogens with zero attached hydrogens (tertiary/aromatic N) is 2. The van der Waals surface area contributed by atoms with Gasteiger partial charge in [0.25, 0.3) is 0 Å². The van der Waals surface area contributed by atoms with Crippen LogP contribution in [-0.2, 0) is 9.53 Å². The number of morpholine rings is 1. The molecule has 7 heteroatoms. The fourth-order valence-electron chi connectivity index (χ4n) is 2.53. The van der Waals surface area contributed by atoms with Crippen LogP contribution in [0.15, 0.2) is 54.4 Å². The first-order valence-corrected chi connectivity index (χ1v) is 8.94. The molecule has 2 aliphatic rings. The number of hydrazine groups is 1. The number of nitrogens with one attached hydrogen (secondary N) is 1. The van der Waals surface area contributed by atoms with Crippen LogP contribution in [0.5, 0.6) is 0 Å². The molecule has 1 amide bonds. The third-order valence-electron chi connectivity index (χ3n) is 3.63. The topological polar surface area (TPSA) is 70.8 Å². The van der Waals surface area contributed by atoms with Crippen LogP contribution in [-0.4, -0.2) is 48.2 Å². The van der Waals surface area contributed by atoms with Crippen LogP contribution in [0.3, 0.4) is 0 Å². The Morgan fingerprint density at radius 2 is 2.07 bits per heavy atom. The van der Waals surface area contributed by atoms with Gasteiger partial charge >= 0.3 is 51.4 Å². The molecule has 1 unspecified atom stereocenters. The Balaban J connectivity index is 0.00000218. The molecule has 2 rings (SSSR count). The van der Waals surface area contributed by atoms with Crippen LogP contribution in [0.2, 0.25) is 0 Å². The summed E-state index contributed by atoms with van der Waals surface area (Å²) in [7, 11) is 0.